The highest BCUT2D eigenvalue weighted by atomic mass is 35.5. The van der Waals surface area contributed by atoms with Crippen molar-refractivity contribution in [3.05, 3.63) is 58.9 Å². The lowest BCUT2D eigenvalue weighted by molar-refractivity contribution is 0.102. The largest absolute Gasteiger partial charge is 0.493 e. The van der Waals surface area contributed by atoms with Crippen LogP contribution in [0.1, 0.15) is 17.3 Å². The lowest BCUT2D eigenvalue weighted by Gasteiger charge is -2.11. The zero-order chi connectivity index (χ0) is 14.5. The van der Waals surface area contributed by atoms with Gasteiger partial charge in [0.1, 0.15) is 11.6 Å². The van der Waals surface area contributed by atoms with Crippen LogP contribution in [0.3, 0.4) is 0 Å². The van der Waals surface area contributed by atoms with E-state index in [9.17, 15) is 9.18 Å². The van der Waals surface area contributed by atoms with Crippen LogP contribution < -0.4 is 10.1 Å². The van der Waals surface area contributed by atoms with E-state index in [1.54, 1.807) is 24.3 Å². The molecule has 20 heavy (non-hydrogen) atoms. The Morgan fingerprint density at radius 3 is 2.75 bits per heavy atom. The van der Waals surface area contributed by atoms with E-state index in [4.69, 9.17) is 16.3 Å². The van der Waals surface area contributed by atoms with Crippen molar-refractivity contribution in [1.29, 1.82) is 0 Å². The van der Waals surface area contributed by atoms with Gasteiger partial charge in [0.25, 0.3) is 5.91 Å². The van der Waals surface area contributed by atoms with Gasteiger partial charge in [-0.3, -0.25) is 4.79 Å². The number of carbonyl (C=O) groups excluding carboxylic acids is 1. The lowest BCUT2D eigenvalue weighted by Crippen LogP contribution is -2.14. The minimum Gasteiger partial charge on any atom is -0.493 e. The molecule has 5 heteroatoms. The number of carbonyl (C=O) groups is 1. The van der Waals surface area contributed by atoms with E-state index in [-0.39, 0.29) is 10.9 Å². The molecule has 1 N–H and O–H groups in total. The molecule has 0 unspecified atom stereocenters. The quantitative estimate of drug-likeness (QED) is 0.920. The summed E-state index contributed by atoms with van der Waals surface area (Å²) in [4.78, 5) is 12.2. The maximum atomic E-state index is 13.0. The van der Waals surface area contributed by atoms with Crippen molar-refractivity contribution in [2.45, 2.75) is 6.92 Å². The number of para-hydroxylation sites is 1. The zero-order valence-corrected chi connectivity index (χ0v) is 11.6. The van der Waals surface area contributed by atoms with E-state index in [1.165, 1.54) is 12.1 Å². The van der Waals surface area contributed by atoms with Gasteiger partial charge in [-0.05, 0) is 37.3 Å². The first-order chi connectivity index (χ1) is 9.61. The van der Waals surface area contributed by atoms with Gasteiger partial charge in [0.15, 0.2) is 0 Å². The van der Waals surface area contributed by atoms with Gasteiger partial charge in [0.2, 0.25) is 0 Å². The molecule has 1 amide bonds. The number of amides is 1. The fourth-order valence-electron chi connectivity index (χ4n) is 1.72. The zero-order valence-electron chi connectivity index (χ0n) is 10.8. The van der Waals surface area contributed by atoms with Crippen molar-refractivity contribution in [2.75, 3.05) is 11.9 Å². The first-order valence-corrected chi connectivity index (χ1v) is 6.48. The predicted octanol–water partition coefficient (Wildman–Crippen LogP) is 4.13. The molecular formula is C15H13ClFNO2. The second-order valence-electron chi connectivity index (χ2n) is 4.01. The molecule has 3 nitrogen and oxygen atoms in total. The van der Waals surface area contributed by atoms with Crippen LogP contribution in [0.2, 0.25) is 5.02 Å². The predicted molar refractivity (Wildman–Crippen MR) is 77.0 cm³/mol. The molecule has 0 saturated carbocycles. The standard InChI is InChI=1S/C15H13ClFNO2/c1-2-20-14-6-4-3-5-11(14)15(19)18-13-8-7-10(17)9-12(13)16/h3-9H,2H2,1H3,(H,18,19). The molecule has 0 aromatic heterocycles. The van der Waals surface area contributed by atoms with Gasteiger partial charge in [-0.1, -0.05) is 23.7 Å². The summed E-state index contributed by atoms with van der Waals surface area (Å²) in [5.41, 5.74) is 0.749. The summed E-state index contributed by atoms with van der Waals surface area (Å²) < 4.78 is 18.3. The van der Waals surface area contributed by atoms with E-state index in [1.807, 2.05) is 6.92 Å². The first-order valence-electron chi connectivity index (χ1n) is 6.10. The number of rotatable bonds is 4. The molecule has 0 atom stereocenters. The Bertz CT molecular complexity index is 631. The minimum atomic E-state index is -0.456. The average Bonchev–Trinajstić information content (AvgIpc) is 2.43. The van der Waals surface area contributed by atoms with Crippen LogP contribution in [0, 0.1) is 5.82 Å². The van der Waals surface area contributed by atoms with Crippen LogP contribution >= 0.6 is 11.6 Å². The molecule has 0 heterocycles. The van der Waals surface area contributed by atoms with Crippen molar-refractivity contribution in [1.82, 2.24) is 0 Å². The second kappa shape index (κ2) is 6.39. The number of benzene rings is 2. The van der Waals surface area contributed by atoms with Crippen molar-refractivity contribution in [3.63, 3.8) is 0 Å². The van der Waals surface area contributed by atoms with Gasteiger partial charge >= 0.3 is 0 Å². The molecular weight excluding hydrogens is 281 g/mol. The fourth-order valence-corrected chi connectivity index (χ4v) is 1.93. The molecule has 0 saturated heterocycles. The molecule has 104 valence electrons. The number of halogens is 2. The Balaban J connectivity index is 2.24. The van der Waals surface area contributed by atoms with Gasteiger partial charge in [-0.15, -0.1) is 0 Å². The van der Waals surface area contributed by atoms with Gasteiger partial charge in [-0.2, -0.15) is 0 Å². The van der Waals surface area contributed by atoms with E-state index in [2.05, 4.69) is 5.32 Å². The highest BCUT2D eigenvalue weighted by Gasteiger charge is 2.13. The Morgan fingerprint density at radius 1 is 1.30 bits per heavy atom. The molecule has 0 radical (unpaired) electrons. The molecule has 2 aromatic carbocycles. The third-order valence-corrected chi connectivity index (χ3v) is 2.92. The number of anilines is 1. The van der Waals surface area contributed by atoms with Gasteiger partial charge in [0.05, 0.1) is 22.9 Å². The molecule has 0 bridgehead atoms. The van der Waals surface area contributed by atoms with Crippen molar-refractivity contribution >= 4 is 23.2 Å². The Morgan fingerprint density at radius 2 is 2.05 bits per heavy atom. The highest BCUT2D eigenvalue weighted by molar-refractivity contribution is 6.34. The van der Waals surface area contributed by atoms with Crippen LogP contribution in [-0.4, -0.2) is 12.5 Å². The van der Waals surface area contributed by atoms with E-state index < -0.39 is 5.82 Å². The highest BCUT2D eigenvalue weighted by Crippen LogP contribution is 2.25. The SMILES string of the molecule is CCOc1ccccc1C(=O)Nc1ccc(F)cc1Cl. The van der Waals surface area contributed by atoms with Crippen molar-refractivity contribution in [2.24, 2.45) is 0 Å². The number of hydrogen-bond donors (Lipinski definition) is 1. The van der Waals surface area contributed by atoms with Crippen LogP contribution in [0.25, 0.3) is 0 Å². The van der Waals surface area contributed by atoms with Crippen LogP contribution in [0.15, 0.2) is 42.5 Å². The number of ether oxygens (including phenoxy) is 1. The number of nitrogens with one attached hydrogen (secondary N) is 1. The smallest absolute Gasteiger partial charge is 0.259 e. The van der Waals surface area contributed by atoms with Crippen LogP contribution in [0.5, 0.6) is 5.75 Å². The second-order valence-corrected chi connectivity index (χ2v) is 4.41. The molecule has 0 spiro atoms. The molecule has 0 aliphatic heterocycles. The summed E-state index contributed by atoms with van der Waals surface area (Å²) in [5.74, 6) is -0.323. The van der Waals surface area contributed by atoms with Crippen LogP contribution in [-0.2, 0) is 0 Å². The lowest BCUT2D eigenvalue weighted by atomic mass is 10.2. The normalized spacial score (nSPS) is 10.2. The Hall–Kier alpha value is -2.07. The van der Waals surface area contributed by atoms with Gasteiger partial charge in [-0.25, -0.2) is 4.39 Å². The maximum absolute atomic E-state index is 13.0. The number of hydrogen-bond acceptors (Lipinski definition) is 2. The molecule has 2 rings (SSSR count). The summed E-state index contributed by atoms with van der Waals surface area (Å²) in [6.45, 7) is 2.30. The van der Waals surface area contributed by atoms with Gasteiger partial charge in [0, 0.05) is 0 Å². The summed E-state index contributed by atoms with van der Waals surface area (Å²) in [7, 11) is 0. The van der Waals surface area contributed by atoms with Crippen LogP contribution in [0.4, 0.5) is 10.1 Å². The monoisotopic (exact) mass is 293 g/mol. The fraction of sp³-hybridized carbons (Fsp3) is 0.133. The molecule has 0 fully saturated rings. The third-order valence-electron chi connectivity index (χ3n) is 2.61. The van der Waals surface area contributed by atoms with E-state index in [0.29, 0.717) is 23.6 Å². The van der Waals surface area contributed by atoms with Gasteiger partial charge < -0.3 is 10.1 Å². The summed E-state index contributed by atoms with van der Waals surface area (Å²) in [5, 5.41) is 2.78. The Kier molecular flexibility index (Phi) is 4.58. The average molecular weight is 294 g/mol. The first kappa shape index (κ1) is 14.3. The minimum absolute atomic E-state index is 0.146. The Labute approximate surface area is 121 Å². The van der Waals surface area contributed by atoms with Crippen molar-refractivity contribution in [3.8, 4) is 5.75 Å². The van der Waals surface area contributed by atoms with E-state index in [0.717, 1.165) is 6.07 Å². The summed E-state index contributed by atoms with van der Waals surface area (Å²) in [6, 6.07) is 10.7. The third kappa shape index (κ3) is 3.27. The van der Waals surface area contributed by atoms with Crippen molar-refractivity contribution < 1.29 is 13.9 Å². The summed E-state index contributed by atoms with van der Waals surface area (Å²) in [6.07, 6.45) is 0. The maximum Gasteiger partial charge on any atom is 0.259 e. The molecule has 0 aliphatic rings. The molecule has 2 aromatic rings. The topological polar surface area (TPSA) is 38.3 Å². The van der Waals surface area contributed by atoms with E-state index >= 15 is 0 Å². The molecule has 0 aliphatic carbocycles. The summed E-state index contributed by atoms with van der Waals surface area (Å²) >= 11 is 5.88.